The summed E-state index contributed by atoms with van der Waals surface area (Å²) in [7, 11) is 0. The number of aliphatic hydroxyl groups is 1. The van der Waals surface area contributed by atoms with Crippen molar-refractivity contribution in [3.63, 3.8) is 0 Å². The van der Waals surface area contributed by atoms with Crippen LogP contribution in [0.3, 0.4) is 0 Å². The zero-order valence-corrected chi connectivity index (χ0v) is 16.8. The van der Waals surface area contributed by atoms with Gasteiger partial charge >= 0.3 is 6.18 Å². The number of aromatic nitrogens is 4. The first-order valence-corrected chi connectivity index (χ1v) is 9.42. The molecule has 0 radical (unpaired) electrons. The molecule has 1 aromatic carbocycles. The van der Waals surface area contributed by atoms with Crippen molar-refractivity contribution in [2.24, 2.45) is 0 Å². The smallest absolute Gasteiger partial charge is 0.392 e. The van der Waals surface area contributed by atoms with E-state index < -0.39 is 11.7 Å². The van der Waals surface area contributed by atoms with Gasteiger partial charge in [-0.25, -0.2) is 4.98 Å². The summed E-state index contributed by atoms with van der Waals surface area (Å²) in [6.07, 6.45) is -1.39. The van der Waals surface area contributed by atoms with E-state index in [1.807, 2.05) is 0 Å². The molecule has 0 amide bonds. The van der Waals surface area contributed by atoms with E-state index >= 15 is 0 Å². The van der Waals surface area contributed by atoms with Crippen LogP contribution in [-0.2, 0) is 12.8 Å². The number of alkyl halides is 3. The normalized spacial score (nSPS) is 11.9. The van der Waals surface area contributed by atoms with Crippen molar-refractivity contribution < 1.29 is 18.3 Å². The molecule has 0 saturated carbocycles. The molecule has 5 nitrogen and oxygen atoms in total. The zero-order chi connectivity index (χ0) is 20.8. The van der Waals surface area contributed by atoms with Crippen LogP contribution in [0, 0.1) is 0 Å². The maximum Gasteiger partial charge on any atom is 0.416 e. The van der Waals surface area contributed by atoms with Gasteiger partial charge in [0.1, 0.15) is 11.2 Å². The molecule has 2 N–H and O–H groups in total. The number of pyridine rings is 2. The zero-order valence-electron chi connectivity index (χ0n) is 14.4. The average molecular weight is 484 g/mol. The second kappa shape index (κ2) is 7.40. The van der Waals surface area contributed by atoms with Gasteiger partial charge in [-0.1, -0.05) is 11.6 Å². The van der Waals surface area contributed by atoms with Gasteiger partial charge in [0.05, 0.1) is 28.4 Å². The molecule has 4 rings (SSSR count). The topological polar surface area (TPSA) is 74.7 Å². The van der Waals surface area contributed by atoms with Gasteiger partial charge in [0.15, 0.2) is 5.82 Å². The third-order valence-electron chi connectivity index (χ3n) is 4.23. The summed E-state index contributed by atoms with van der Waals surface area (Å²) in [5, 5.41) is 9.51. The Hall–Kier alpha value is -2.49. The summed E-state index contributed by atoms with van der Waals surface area (Å²) in [6, 6.07) is 7.03. The number of hydrogen-bond acceptors (Lipinski definition) is 4. The summed E-state index contributed by atoms with van der Waals surface area (Å²) in [5.74, 6) is 0.334. The molecule has 0 aliphatic heterocycles. The van der Waals surface area contributed by atoms with Crippen LogP contribution in [0.25, 0.3) is 33.8 Å². The predicted molar refractivity (Wildman–Crippen MR) is 106 cm³/mol. The largest absolute Gasteiger partial charge is 0.416 e. The number of hydrogen-bond donors (Lipinski definition) is 2. The second-order valence-corrected chi connectivity index (χ2v) is 7.46. The highest BCUT2D eigenvalue weighted by molar-refractivity contribution is 9.10. The molecule has 0 saturated heterocycles. The highest BCUT2D eigenvalue weighted by Crippen LogP contribution is 2.35. The van der Waals surface area contributed by atoms with E-state index in [-0.39, 0.29) is 16.6 Å². The molecule has 29 heavy (non-hydrogen) atoms. The van der Waals surface area contributed by atoms with E-state index in [2.05, 4.69) is 35.9 Å². The molecule has 0 fully saturated rings. The quantitative estimate of drug-likeness (QED) is 0.397. The van der Waals surface area contributed by atoms with Crippen molar-refractivity contribution >= 4 is 38.6 Å². The van der Waals surface area contributed by atoms with Gasteiger partial charge in [0.25, 0.3) is 0 Å². The van der Waals surface area contributed by atoms with E-state index in [4.69, 9.17) is 16.7 Å². The average Bonchev–Trinajstić information content (AvgIpc) is 3.12. The van der Waals surface area contributed by atoms with Gasteiger partial charge in [-0.2, -0.15) is 13.2 Å². The van der Waals surface area contributed by atoms with Crippen LogP contribution in [0.2, 0.25) is 5.02 Å². The fourth-order valence-electron chi connectivity index (χ4n) is 2.81. The summed E-state index contributed by atoms with van der Waals surface area (Å²) in [5.41, 5.74) is 2.05. The third-order valence-corrected chi connectivity index (χ3v) is 5.12. The summed E-state index contributed by atoms with van der Waals surface area (Å²) < 4.78 is 39.3. The van der Waals surface area contributed by atoms with E-state index in [1.54, 1.807) is 24.4 Å². The van der Waals surface area contributed by atoms with E-state index in [0.29, 0.717) is 38.9 Å². The Labute approximate surface area is 175 Å². The fraction of sp³-hybridized carbons (Fsp3) is 0.105. The number of aliphatic hydroxyl groups excluding tert-OH is 1. The monoisotopic (exact) mass is 482 g/mol. The second-order valence-electron chi connectivity index (χ2n) is 6.20. The number of nitrogens with zero attached hydrogens (tertiary/aromatic N) is 3. The third kappa shape index (κ3) is 3.85. The van der Waals surface area contributed by atoms with Crippen molar-refractivity contribution in [1.82, 2.24) is 19.9 Å². The highest BCUT2D eigenvalue weighted by atomic mass is 79.9. The molecular formula is C19H11BrClF3N4O. The lowest BCUT2D eigenvalue weighted by Crippen LogP contribution is -2.04. The summed E-state index contributed by atoms with van der Waals surface area (Å²) in [6.45, 7) is -0.165. The number of fused-ring (bicyclic) bond motifs is 1. The Balaban J connectivity index is 1.71. The van der Waals surface area contributed by atoms with E-state index in [1.165, 1.54) is 6.20 Å². The van der Waals surface area contributed by atoms with Crippen molar-refractivity contribution in [1.29, 1.82) is 0 Å². The SMILES string of the molecule is OCc1cnc(-c2ccc(-c3nc4c(Br)cc(C(F)(F)F)cc4[nH]3)nc2)c(Cl)c1. The van der Waals surface area contributed by atoms with Crippen LogP contribution in [0.15, 0.2) is 47.2 Å². The Kier molecular flexibility index (Phi) is 5.05. The maximum absolute atomic E-state index is 13.0. The molecule has 3 heterocycles. The number of aromatic amines is 1. The number of halogens is 5. The number of benzene rings is 1. The first kappa shape index (κ1) is 19.8. The molecule has 0 atom stereocenters. The van der Waals surface area contributed by atoms with Crippen molar-refractivity contribution in [3.05, 3.63) is 63.3 Å². The summed E-state index contributed by atoms with van der Waals surface area (Å²) >= 11 is 9.35. The minimum Gasteiger partial charge on any atom is -0.392 e. The lowest BCUT2D eigenvalue weighted by molar-refractivity contribution is -0.137. The van der Waals surface area contributed by atoms with Gasteiger partial charge in [0.2, 0.25) is 0 Å². The minimum atomic E-state index is -4.46. The van der Waals surface area contributed by atoms with E-state index in [0.717, 1.165) is 12.1 Å². The number of rotatable bonds is 3. The first-order chi connectivity index (χ1) is 13.8. The van der Waals surface area contributed by atoms with Crippen molar-refractivity contribution in [3.8, 4) is 22.8 Å². The fourth-order valence-corrected chi connectivity index (χ4v) is 3.66. The Bertz CT molecular complexity index is 1210. The Morgan fingerprint density at radius 1 is 1.10 bits per heavy atom. The molecule has 4 aromatic rings. The molecular weight excluding hydrogens is 473 g/mol. The van der Waals surface area contributed by atoms with Crippen molar-refractivity contribution in [2.75, 3.05) is 0 Å². The lowest BCUT2D eigenvalue weighted by Gasteiger charge is -2.06. The number of imidazole rings is 1. The van der Waals surface area contributed by atoms with Crippen molar-refractivity contribution in [2.45, 2.75) is 12.8 Å². The van der Waals surface area contributed by atoms with Crippen LogP contribution in [0.5, 0.6) is 0 Å². The molecule has 0 aliphatic rings. The van der Waals surface area contributed by atoms with Gasteiger partial charge in [-0.05, 0) is 51.8 Å². The lowest BCUT2D eigenvalue weighted by atomic mass is 10.1. The van der Waals surface area contributed by atoms with Gasteiger partial charge < -0.3 is 10.1 Å². The molecule has 148 valence electrons. The van der Waals surface area contributed by atoms with Gasteiger partial charge in [0, 0.05) is 22.4 Å². The van der Waals surface area contributed by atoms with Crippen LogP contribution < -0.4 is 0 Å². The number of nitrogens with one attached hydrogen (secondary N) is 1. The van der Waals surface area contributed by atoms with Gasteiger partial charge in [-0.15, -0.1) is 0 Å². The molecule has 3 aromatic heterocycles. The molecule has 0 unspecified atom stereocenters. The Morgan fingerprint density at radius 2 is 1.90 bits per heavy atom. The standard InChI is InChI=1S/C19H11BrClF3N4O/c20-12-4-11(19(22,23)24)5-15-17(12)28-18(27-15)14-2-1-10(7-25-14)16-13(21)3-9(8-29)6-26-16/h1-7,29H,8H2,(H,27,28). The predicted octanol–water partition coefficient (Wildman–Crippen LogP) is 5.61. The van der Waals surface area contributed by atoms with Crippen LogP contribution in [-0.4, -0.2) is 25.0 Å². The van der Waals surface area contributed by atoms with E-state index in [9.17, 15) is 13.2 Å². The maximum atomic E-state index is 13.0. The highest BCUT2D eigenvalue weighted by Gasteiger charge is 2.31. The molecule has 0 aliphatic carbocycles. The van der Waals surface area contributed by atoms with Crippen LogP contribution in [0.4, 0.5) is 13.2 Å². The number of H-pyrrole nitrogens is 1. The first-order valence-electron chi connectivity index (χ1n) is 8.25. The van der Waals surface area contributed by atoms with Crippen LogP contribution >= 0.6 is 27.5 Å². The van der Waals surface area contributed by atoms with Gasteiger partial charge in [-0.3, -0.25) is 9.97 Å². The summed E-state index contributed by atoms with van der Waals surface area (Å²) in [4.78, 5) is 15.8. The van der Waals surface area contributed by atoms with Crippen LogP contribution in [0.1, 0.15) is 11.1 Å². The molecule has 0 bridgehead atoms. The minimum absolute atomic E-state index is 0.165. The molecule has 10 heteroatoms. The Morgan fingerprint density at radius 3 is 2.52 bits per heavy atom. The molecule has 0 spiro atoms.